The van der Waals surface area contributed by atoms with Gasteiger partial charge in [-0.2, -0.15) is 0 Å². The van der Waals surface area contributed by atoms with Crippen molar-refractivity contribution < 1.29 is 14.3 Å². The molecule has 0 bridgehead atoms. The van der Waals surface area contributed by atoms with Crippen molar-refractivity contribution in [1.82, 2.24) is 0 Å². The van der Waals surface area contributed by atoms with Crippen LogP contribution in [0.15, 0.2) is 39.2 Å². The molecule has 1 heterocycles. The first-order valence-electron chi connectivity index (χ1n) is 5.52. The van der Waals surface area contributed by atoms with Crippen LogP contribution in [0.4, 0.5) is 5.69 Å². The number of halogens is 2. The fourth-order valence-electron chi connectivity index (χ4n) is 1.61. The first-order chi connectivity index (χ1) is 8.97. The number of benzene rings is 1. The first-order valence-corrected chi connectivity index (χ1v) is 6.69. The van der Waals surface area contributed by atoms with E-state index in [1.165, 1.54) is 6.07 Å². The predicted molar refractivity (Wildman–Crippen MR) is 76.9 cm³/mol. The number of rotatable bonds is 4. The van der Waals surface area contributed by atoms with E-state index < -0.39 is 5.97 Å². The van der Waals surface area contributed by atoms with Crippen LogP contribution >= 0.6 is 27.5 Å². The van der Waals surface area contributed by atoms with Gasteiger partial charge < -0.3 is 14.8 Å². The standard InChI is InChI=1S/C13H11BrClNO3/c1-7(11-4-5-12(19-11)13(17)18)16-10-3-2-8(14)6-9(10)15/h2-7,16H,1H3,(H,17,18). The maximum atomic E-state index is 10.7. The molecule has 2 N–H and O–H groups in total. The first kappa shape index (κ1) is 14.0. The molecule has 1 unspecified atom stereocenters. The van der Waals surface area contributed by atoms with Crippen molar-refractivity contribution in [3.8, 4) is 0 Å². The monoisotopic (exact) mass is 343 g/mol. The molecule has 0 saturated carbocycles. The van der Waals surface area contributed by atoms with Crippen LogP contribution in [-0.4, -0.2) is 11.1 Å². The van der Waals surface area contributed by atoms with Gasteiger partial charge in [-0.05, 0) is 37.3 Å². The summed E-state index contributed by atoms with van der Waals surface area (Å²) in [5.74, 6) is -0.623. The van der Waals surface area contributed by atoms with Gasteiger partial charge in [0.1, 0.15) is 5.76 Å². The quantitative estimate of drug-likeness (QED) is 0.853. The second-order valence-corrected chi connectivity index (χ2v) is 5.32. The summed E-state index contributed by atoms with van der Waals surface area (Å²) in [4.78, 5) is 10.7. The lowest BCUT2D eigenvalue weighted by molar-refractivity contribution is 0.0660. The van der Waals surface area contributed by atoms with Crippen LogP contribution in [-0.2, 0) is 0 Å². The minimum absolute atomic E-state index is 0.0782. The summed E-state index contributed by atoms with van der Waals surface area (Å²) in [6.07, 6.45) is 0. The third-order valence-corrected chi connectivity index (χ3v) is 3.37. The molecule has 6 heteroatoms. The van der Waals surface area contributed by atoms with E-state index in [1.807, 2.05) is 19.1 Å². The third kappa shape index (κ3) is 3.30. The SMILES string of the molecule is CC(Nc1ccc(Br)cc1Cl)c1ccc(C(=O)O)o1. The molecular formula is C13H11BrClNO3. The Kier molecular flexibility index (Phi) is 4.17. The van der Waals surface area contributed by atoms with Gasteiger partial charge in [-0.15, -0.1) is 0 Å². The van der Waals surface area contributed by atoms with Crippen molar-refractivity contribution in [3.63, 3.8) is 0 Å². The molecule has 0 aliphatic rings. The van der Waals surface area contributed by atoms with Gasteiger partial charge in [0.05, 0.1) is 16.8 Å². The molecule has 0 radical (unpaired) electrons. The van der Waals surface area contributed by atoms with E-state index in [0.717, 1.165) is 10.2 Å². The van der Waals surface area contributed by atoms with Crippen LogP contribution in [0.3, 0.4) is 0 Å². The van der Waals surface area contributed by atoms with Crippen molar-refractivity contribution in [3.05, 3.63) is 51.3 Å². The van der Waals surface area contributed by atoms with E-state index in [9.17, 15) is 4.79 Å². The summed E-state index contributed by atoms with van der Waals surface area (Å²) in [5, 5.41) is 12.5. The van der Waals surface area contributed by atoms with E-state index in [1.54, 1.807) is 12.1 Å². The lowest BCUT2D eigenvalue weighted by Gasteiger charge is -2.14. The number of anilines is 1. The molecule has 0 fully saturated rings. The Labute approximate surface area is 123 Å². The molecule has 0 aliphatic carbocycles. The number of furan rings is 1. The second kappa shape index (κ2) is 5.67. The topological polar surface area (TPSA) is 62.5 Å². The van der Waals surface area contributed by atoms with Crippen LogP contribution in [0.5, 0.6) is 0 Å². The smallest absolute Gasteiger partial charge is 0.371 e. The van der Waals surface area contributed by atoms with Crippen molar-refractivity contribution >= 4 is 39.2 Å². The molecule has 2 rings (SSSR count). The Morgan fingerprint density at radius 2 is 2.16 bits per heavy atom. The van der Waals surface area contributed by atoms with Gasteiger partial charge in [0.25, 0.3) is 0 Å². The summed E-state index contributed by atoms with van der Waals surface area (Å²) >= 11 is 9.43. The highest BCUT2D eigenvalue weighted by Crippen LogP contribution is 2.29. The van der Waals surface area contributed by atoms with Gasteiger partial charge in [-0.3, -0.25) is 0 Å². The van der Waals surface area contributed by atoms with Crippen LogP contribution < -0.4 is 5.32 Å². The average Bonchev–Trinajstić information content (AvgIpc) is 2.82. The summed E-state index contributed by atoms with van der Waals surface area (Å²) in [7, 11) is 0. The van der Waals surface area contributed by atoms with Crippen molar-refractivity contribution in [1.29, 1.82) is 0 Å². The zero-order chi connectivity index (χ0) is 14.0. The molecule has 2 aromatic rings. The Hall–Kier alpha value is -1.46. The van der Waals surface area contributed by atoms with E-state index in [4.69, 9.17) is 21.1 Å². The number of hydrogen-bond acceptors (Lipinski definition) is 3. The van der Waals surface area contributed by atoms with E-state index in [-0.39, 0.29) is 11.8 Å². The molecular weight excluding hydrogens is 334 g/mol. The lowest BCUT2D eigenvalue weighted by atomic mass is 10.2. The minimum atomic E-state index is -1.08. The molecule has 1 atom stereocenters. The maximum Gasteiger partial charge on any atom is 0.371 e. The van der Waals surface area contributed by atoms with Gasteiger partial charge in [0.15, 0.2) is 0 Å². The Balaban J connectivity index is 2.15. The van der Waals surface area contributed by atoms with E-state index in [2.05, 4.69) is 21.2 Å². The molecule has 0 aliphatic heterocycles. The van der Waals surface area contributed by atoms with Crippen molar-refractivity contribution in [2.24, 2.45) is 0 Å². The van der Waals surface area contributed by atoms with Gasteiger partial charge in [-0.25, -0.2) is 4.79 Å². The number of nitrogens with one attached hydrogen (secondary N) is 1. The van der Waals surface area contributed by atoms with E-state index in [0.29, 0.717) is 10.8 Å². The van der Waals surface area contributed by atoms with Gasteiger partial charge in [0, 0.05) is 4.47 Å². The summed E-state index contributed by atoms with van der Waals surface area (Å²) in [5.41, 5.74) is 0.755. The molecule has 0 amide bonds. The van der Waals surface area contributed by atoms with Gasteiger partial charge >= 0.3 is 5.97 Å². The summed E-state index contributed by atoms with van der Waals surface area (Å²) < 4.78 is 6.12. The number of carbonyl (C=O) groups is 1. The van der Waals surface area contributed by atoms with Crippen molar-refractivity contribution in [2.45, 2.75) is 13.0 Å². The Bertz CT molecular complexity index is 612. The van der Waals surface area contributed by atoms with Gasteiger partial charge in [0.2, 0.25) is 5.76 Å². The predicted octanol–water partition coefficient (Wildman–Crippen LogP) is 4.57. The fraction of sp³-hybridized carbons (Fsp3) is 0.154. The number of aromatic carboxylic acids is 1. The number of hydrogen-bond donors (Lipinski definition) is 2. The molecule has 0 spiro atoms. The van der Waals surface area contributed by atoms with E-state index >= 15 is 0 Å². The number of carboxylic acid groups (broad SMARTS) is 1. The summed E-state index contributed by atoms with van der Waals surface area (Å²) in [6, 6.07) is 8.36. The lowest BCUT2D eigenvalue weighted by Crippen LogP contribution is -2.06. The van der Waals surface area contributed by atoms with Crippen LogP contribution in [0, 0.1) is 0 Å². The highest BCUT2D eigenvalue weighted by atomic mass is 79.9. The normalized spacial score (nSPS) is 12.2. The highest BCUT2D eigenvalue weighted by Gasteiger charge is 2.15. The van der Waals surface area contributed by atoms with Crippen LogP contribution in [0.1, 0.15) is 29.3 Å². The molecule has 100 valence electrons. The minimum Gasteiger partial charge on any atom is -0.475 e. The fourth-order valence-corrected chi connectivity index (χ4v) is 2.34. The Morgan fingerprint density at radius 1 is 1.42 bits per heavy atom. The zero-order valence-corrected chi connectivity index (χ0v) is 12.3. The van der Waals surface area contributed by atoms with Gasteiger partial charge in [-0.1, -0.05) is 27.5 Å². The summed E-state index contributed by atoms with van der Waals surface area (Å²) in [6.45, 7) is 1.86. The average molecular weight is 345 g/mol. The Morgan fingerprint density at radius 3 is 2.74 bits per heavy atom. The maximum absolute atomic E-state index is 10.7. The van der Waals surface area contributed by atoms with Crippen LogP contribution in [0.25, 0.3) is 0 Å². The van der Waals surface area contributed by atoms with Crippen molar-refractivity contribution in [2.75, 3.05) is 5.32 Å². The highest BCUT2D eigenvalue weighted by molar-refractivity contribution is 9.10. The molecule has 1 aromatic carbocycles. The third-order valence-electron chi connectivity index (χ3n) is 2.57. The number of carboxylic acids is 1. The van der Waals surface area contributed by atoms with Crippen LogP contribution in [0.2, 0.25) is 5.02 Å². The molecule has 0 saturated heterocycles. The zero-order valence-electron chi connectivity index (χ0n) is 9.98. The largest absolute Gasteiger partial charge is 0.475 e. The molecule has 1 aromatic heterocycles. The second-order valence-electron chi connectivity index (χ2n) is 4.00. The molecule has 4 nitrogen and oxygen atoms in total. The molecule has 19 heavy (non-hydrogen) atoms.